The first-order chi connectivity index (χ1) is 14.8. The number of thiocarbonyl (C=S) groups is 1. The van der Waals surface area contributed by atoms with Crippen LogP contribution in [0.15, 0.2) is 30.3 Å². The maximum absolute atomic E-state index is 12.2. The maximum atomic E-state index is 12.2. The summed E-state index contributed by atoms with van der Waals surface area (Å²) in [5, 5.41) is 10.1. The molecule has 1 N–H and O–H groups in total. The van der Waals surface area contributed by atoms with E-state index in [1.807, 2.05) is 0 Å². The zero-order valence-electron chi connectivity index (χ0n) is 18.2. The lowest BCUT2D eigenvalue weighted by atomic mass is 10.0. The fourth-order valence-electron chi connectivity index (χ4n) is 2.76. The van der Waals surface area contributed by atoms with Crippen molar-refractivity contribution in [3.8, 4) is 28.7 Å². The van der Waals surface area contributed by atoms with Gasteiger partial charge in [0.15, 0.2) is 23.0 Å². The largest absolute Gasteiger partial charge is 0.493 e. The predicted molar refractivity (Wildman–Crippen MR) is 122 cm³/mol. The smallest absolute Gasteiger partial charge is 0.336 e. The second-order valence-electron chi connectivity index (χ2n) is 6.42. The summed E-state index contributed by atoms with van der Waals surface area (Å²) in [6.45, 7) is 0. The van der Waals surface area contributed by atoms with E-state index in [1.165, 1.54) is 34.5 Å². The predicted octanol–water partition coefficient (Wildman–Crippen LogP) is 3.57. The van der Waals surface area contributed by atoms with Gasteiger partial charge in [0.25, 0.3) is 5.17 Å². The summed E-state index contributed by atoms with van der Waals surface area (Å²) in [6, 6.07) is 8.26. The van der Waals surface area contributed by atoms with Crippen molar-refractivity contribution in [2.45, 2.75) is 0 Å². The molecule has 8 nitrogen and oxygen atoms in total. The molecule has 0 aliphatic heterocycles. The van der Waals surface area contributed by atoms with Gasteiger partial charge in [0, 0.05) is 19.7 Å². The number of rotatable bonds is 8. The number of aliphatic carboxylic acids is 1. The number of benzene rings is 2. The number of carboxylic acid groups (broad SMARTS) is 1. The highest BCUT2D eigenvalue weighted by Crippen LogP contribution is 2.41. The van der Waals surface area contributed by atoms with Crippen molar-refractivity contribution in [1.82, 2.24) is 4.90 Å². The summed E-state index contributed by atoms with van der Waals surface area (Å²) in [6.07, 6.45) is 1.47. The van der Waals surface area contributed by atoms with E-state index in [2.05, 4.69) is 0 Å². The van der Waals surface area contributed by atoms with Crippen molar-refractivity contribution in [1.29, 1.82) is 0 Å². The minimum atomic E-state index is -1.15. The molecule has 2 rings (SSSR count). The Bertz CT molecular complexity index is 976. The molecule has 0 fully saturated rings. The molecule has 0 radical (unpaired) electrons. The van der Waals surface area contributed by atoms with Crippen LogP contribution in [0, 0.1) is 0 Å². The number of hydrogen-bond donors (Lipinski definition) is 1. The van der Waals surface area contributed by atoms with E-state index in [0.717, 1.165) is 0 Å². The molecule has 2 aromatic carbocycles. The van der Waals surface area contributed by atoms with Crippen molar-refractivity contribution < 1.29 is 33.6 Å². The highest BCUT2D eigenvalue weighted by atomic mass is 32.1. The van der Waals surface area contributed by atoms with Gasteiger partial charge in [-0.2, -0.15) is 0 Å². The number of nitrogens with zero attached hydrogens (tertiary/aromatic N) is 1. The summed E-state index contributed by atoms with van der Waals surface area (Å²) in [4.78, 5) is 13.8. The maximum Gasteiger partial charge on any atom is 0.336 e. The van der Waals surface area contributed by atoms with Gasteiger partial charge in [0.2, 0.25) is 5.75 Å². The second kappa shape index (κ2) is 10.5. The molecule has 31 heavy (non-hydrogen) atoms. The third kappa shape index (κ3) is 5.37. The van der Waals surface area contributed by atoms with Gasteiger partial charge in [-0.1, -0.05) is 12.1 Å². The van der Waals surface area contributed by atoms with E-state index in [4.69, 9.17) is 35.9 Å². The van der Waals surface area contributed by atoms with E-state index < -0.39 is 5.97 Å². The molecule has 0 saturated carbocycles. The van der Waals surface area contributed by atoms with Gasteiger partial charge in [-0.15, -0.1) is 0 Å². The number of hydrogen-bond acceptors (Lipinski definition) is 7. The minimum absolute atomic E-state index is 0.0203. The standard InChI is InChI=1S/C22H25NO7S/c1-23(2)22(31)30-19-13(8-7-9-16(19)26-3)10-15(21(24)25)14-11-17(27-4)20(29-6)18(12-14)28-5/h7-12H,1-6H3,(H,24,25)/b15-10+. The van der Waals surface area contributed by atoms with E-state index in [0.29, 0.717) is 39.9 Å². The first-order valence-corrected chi connectivity index (χ1v) is 9.49. The molecular formula is C22H25NO7S. The molecule has 0 saturated heterocycles. The van der Waals surface area contributed by atoms with Crippen LogP contribution < -0.4 is 23.7 Å². The Hall–Kier alpha value is -3.46. The van der Waals surface area contributed by atoms with Gasteiger partial charge in [-0.05, 0) is 42.1 Å². The van der Waals surface area contributed by atoms with Crippen molar-refractivity contribution in [2.24, 2.45) is 0 Å². The summed E-state index contributed by atoms with van der Waals surface area (Å²) in [5.41, 5.74) is 0.800. The van der Waals surface area contributed by atoms with Gasteiger partial charge in [-0.25, -0.2) is 4.79 Å². The van der Waals surface area contributed by atoms with Crippen molar-refractivity contribution in [3.05, 3.63) is 41.5 Å². The van der Waals surface area contributed by atoms with Crippen LogP contribution in [0.4, 0.5) is 0 Å². The number of carboxylic acids is 1. The number of para-hydroxylation sites is 1. The lowest BCUT2D eigenvalue weighted by Gasteiger charge is -2.18. The summed E-state index contributed by atoms with van der Waals surface area (Å²) >= 11 is 5.24. The van der Waals surface area contributed by atoms with Crippen LogP contribution in [0.5, 0.6) is 28.7 Å². The molecule has 0 amide bonds. The average molecular weight is 448 g/mol. The molecule has 2 aromatic rings. The lowest BCUT2D eigenvalue weighted by molar-refractivity contribution is -0.130. The fourth-order valence-corrected chi connectivity index (χ4v) is 2.84. The molecule has 0 aliphatic rings. The first-order valence-electron chi connectivity index (χ1n) is 9.08. The number of ether oxygens (including phenoxy) is 5. The molecule has 0 aromatic heterocycles. The molecule has 0 unspecified atom stereocenters. The average Bonchev–Trinajstić information content (AvgIpc) is 2.76. The zero-order chi connectivity index (χ0) is 23.1. The number of methoxy groups -OCH3 is 4. The van der Waals surface area contributed by atoms with Crippen LogP contribution in [0.3, 0.4) is 0 Å². The molecule has 0 atom stereocenters. The Morgan fingerprint density at radius 3 is 1.97 bits per heavy atom. The van der Waals surface area contributed by atoms with Crippen LogP contribution in [0.2, 0.25) is 0 Å². The third-order valence-corrected chi connectivity index (χ3v) is 4.74. The second-order valence-corrected chi connectivity index (χ2v) is 6.77. The van der Waals surface area contributed by atoms with Gasteiger partial charge in [0.05, 0.1) is 34.0 Å². The van der Waals surface area contributed by atoms with E-state index in [9.17, 15) is 9.90 Å². The minimum Gasteiger partial charge on any atom is -0.493 e. The van der Waals surface area contributed by atoms with E-state index in [-0.39, 0.29) is 10.7 Å². The quantitative estimate of drug-likeness (QED) is 0.371. The fraction of sp³-hybridized carbons (Fsp3) is 0.273. The Labute approximate surface area is 186 Å². The van der Waals surface area contributed by atoms with Gasteiger partial charge in [-0.3, -0.25) is 0 Å². The Kier molecular flexibility index (Phi) is 8.09. The van der Waals surface area contributed by atoms with E-state index in [1.54, 1.807) is 49.3 Å². The molecule has 166 valence electrons. The van der Waals surface area contributed by atoms with Gasteiger partial charge < -0.3 is 33.7 Å². The van der Waals surface area contributed by atoms with Crippen LogP contribution in [-0.2, 0) is 4.79 Å². The first kappa shape index (κ1) is 23.8. The molecule has 0 aliphatic carbocycles. The van der Waals surface area contributed by atoms with Crippen LogP contribution >= 0.6 is 12.2 Å². The molecule has 9 heteroatoms. The molecule has 0 bridgehead atoms. The van der Waals surface area contributed by atoms with Crippen molar-refractivity contribution in [3.63, 3.8) is 0 Å². The Morgan fingerprint density at radius 2 is 1.52 bits per heavy atom. The van der Waals surface area contributed by atoms with E-state index >= 15 is 0 Å². The summed E-state index contributed by atoms with van der Waals surface area (Å²) in [5.74, 6) is 0.584. The van der Waals surface area contributed by atoms with Crippen LogP contribution in [0.1, 0.15) is 11.1 Å². The normalized spacial score (nSPS) is 10.8. The SMILES string of the molecule is COc1cccc(/C=C(/C(=O)O)c2cc(OC)c(OC)c(OC)c2)c1OC(=S)N(C)C. The number of carbonyl (C=O) groups is 1. The zero-order valence-corrected chi connectivity index (χ0v) is 19.0. The Balaban J connectivity index is 2.71. The monoisotopic (exact) mass is 447 g/mol. The Morgan fingerprint density at radius 1 is 0.935 bits per heavy atom. The van der Waals surface area contributed by atoms with Crippen molar-refractivity contribution in [2.75, 3.05) is 42.5 Å². The molecule has 0 spiro atoms. The summed E-state index contributed by atoms with van der Waals surface area (Å²) < 4.78 is 27.2. The molecular weight excluding hydrogens is 422 g/mol. The molecule has 0 heterocycles. The van der Waals surface area contributed by atoms with Crippen molar-refractivity contribution >= 4 is 35.0 Å². The van der Waals surface area contributed by atoms with Gasteiger partial charge in [0.1, 0.15) is 0 Å². The third-order valence-electron chi connectivity index (χ3n) is 4.29. The summed E-state index contributed by atoms with van der Waals surface area (Å²) in [7, 11) is 9.37. The van der Waals surface area contributed by atoms with Crippen LogP contribution in [0.25, 0.3) is 11.6 Å². The van der Waals surface area contributed by atoms with Crippen LogP contribution in [-0.4, -0.2) is 63.7 Å². The topological polar surface area (TPSA) is 86.7 Å². The van der Waals surface area contributed by atoms with Gasteiger partial charge >= 0.3 is 5.97 Å². The highest BCUT2D eigenvalue weighted by Gasteiger charge is 2.20. The lowest BCUT2D eigenvalue weighted by Crippen LogP contribution is -2.25. The highest BCUT2D eigenvalue weighted by molar-refractivity contribution is 7.80.